The first-order chi connectivity index (χ1) is 10.0. The minimum atomic E-state index is -2.33. The molecule has 0 saturated carbocycles. The van der Waals surface area contributed by atoms with Gasteiger partial charge in [-0.1, -0.05) is 36.6 Å². The monoisotopic (exact) mass is 342 g/mol. The lowest BCUT2D eigenvalue weighted by atomic mass is 10.3. The fraction of sp³-hybridized carbons (Fsp3) is 0.250. The van der Waals surface area contributed by atoms with Gasteiger partial charge in [0, 0.05) is 12.1 Å². The lowest BCUT2D eigenvalue weighted by Gasteiger charge is -2.39. The molecule has 0 amide bonds. The maximum atomic E-state index is 13.6. The van der Waals surface area contributed by atoms with Gasteiger partial charge in [-0.2, -0.15) is 0 Å². The van der Waals surface area contributed by atoms with Gasteiger partial charge in [-0.15, -0.1) is 0 Å². The van der Waals surface area contributed by atoms with Gasteiger partial charge in [0.05, 0.1) is 15.2 Å². The lowest BCUT2D eigenvalue weighted by molar-refractivity contribution is 0.584. The van der Waals surface area contributed by atoms with E-state index in [4.69, 9.17) is 0 Å². The SMILES string of the molecule is C[Si](C)(c1cc(F)cc(F)c1)[Si](C)(C)c1cc(F)cc(F)c1. The van der Waals surface area contributed by atoms with Crippen LogP contribution in [0.3, 0.4) is 0 Å². The molecule has 118 valence electrons. The summed E-state index contributed by atoms with van der Waals surface area (Å²) >= 11 is 0. The highest BCUT2D eigenvalue weighted by Crippen LogP contribution is 2.21. The zero-order valence-corrected chi connectivity index (χ0v) is 15.0. The number of hydrogen-bond acceptors (Lipinski definition) is 0. The molecule has 2 aromatic rings. The first-order valence-electron chi connectivity index (χ1n) is 6.97. The standard InChI is InChI=1S/C16H18F4Si2/c1-21(2,15-7-11(17)5-12(18)8-15)22(3,4)16-9-13(19)6-14(20)10-16/h5-10H,1-4H3. The second-order valence-corrected chi connectivity index (χ2v) is 21.7. The quantitative estimate of drug-likeness (QED) is 0.587. The molecule has 0 saturated heterocycles. The van der Waals surface area contributed by atoms with Crippen LogP contribution >= 0.6 is 0 Å². The molecule has 0 heterocycles. The van der Waals surface area contributed by atoms with E-state index in [0.29, 0.717) is 10.4 Å². The molecular weight excluding hydrogens is 324 g/mol. The van der Waals surface area contributed by atoms with E-state index in [0.717, 1.165) is 12.1 Å². The van der Waals surface area contributed by atoms with E-state index < -0.39 is 38.5 Å². The Morgan fingerprint density at radius 3 is 0.955 bits per heavy atom. The topological polar surface area (TPSA) is 0 Å². The van der Waals surface area contributed by atoms with Crippen LogP contribution in [-0.2, 0) is 0 Å². The first kappa shape index (κ1) is 17.0. The van der Waals surface area contributed by atoms with Crippen LogP contribution in [0.5, 0.6) is 0 Å². The second-order valence-electron chi connectivity index (χ2n) is 6.57. The van der Waals surface area contributed by atoms with Gasteiger partial charge in [-0.3, -0.25) is 0 Å². The molecule has 22 heavy (non-hydrogen) atoms. The Labute approximate surface area is 129 Å². The summed E-state index contributed by atoms with van der Waals surface area (Å²) in [4.78, 5) is 0. The molecule has 0 aliphatic heterocycles. The Balaban J connectivity index is 2.58. The predicted molar refractivity (Wildman–Crippen MR) is 86.9 cm³/mol. The van der Waals surface area contributed by atoms with Gasteiger partial charge < -0.3 is 0 Å². The Morgan fingerprint density at radius 1 is 0.500 bits per heavy atom. The van der Waals surface area contributed by atoms with Crippen LogP contribution in [-0.4, -0.2) is 15.2 Å². The van der Waals surface area contributed by atoms with E-state index in [9.17, 15) is 17.6 Å². The van der Waals surface area contributed by atoms with Gasteiger partial charge in [0.1, 0.15) is 23.3 Å². The normalized spacial score (nSPS) is 12.5. The Kier molecular flexibility index (Phi) is 4.36. The molecule has 0 aromatic heterocycles. The molecule has 6 heteroatoms. The summed E-state index contributed by atoms with van der Waals surface area (Å²) in [5, 5.41) is 1.26. The van der Waals surface area contributed by atoms with Crippen molar-refractivity contribution in [2.24, 2.45) is 0 Å². The third-order valence-electron chi connectivity index (χ3n) is 4.73. The molecule has 0 spiro atoms. The lowest BCUT2D eigenvalue weighted by Crippen LogP contribution is -2.69. The maximum absolute atomic E-state index is 13.6. The van der Waals surface area contributed by atoms with E-state index >= 15 is 0 Å². The molecule has 0 N–H and O–H groups in total. The molecule has 0 fully saturated rings. The highest BCUT2D eigenvalue weighted by Gasteiger charge is 2.44. The van der Waals surface area contributed by atoms with Crippen LogP contribution < -0.4 is 10.4 Å². The van der Waals surface area contributed by atoms with Gasteiger partial charge in [-0.25, -0.2) is 17.6 Å². The summed E-state index contributed by atoms with van der Waals surface area (Å²) in [6.45, 7) is 7.99. The van der Waals surface area contributed by atoms with Crippen molar-refractivity contribution in [1.82, 2.24) is 0 Å². The van der Waals surface area contributed by atoms with Gasteiger partial charge in [-0.05, 0) is 24.3 Å². The van der Waals surface area contributed by atoms with Crippen LogP contribution in [0, 0.1) is 23.3 Å². The van der Waals surface area contributed by atoms with E-state index in [2.05, 4.69) is 0 Å². The number of benzene rings is 2. The van der Waals surface area contributed by atoms with Crippen LogP contribution in [0.1, 0.15) is 0 Å². The van der Waals surface area contributed by atoms with Crippen molar-refractivity contribution in [3.8, 4) is 0 Å². The molecule has 0 nitrogen and oxygen atoms in total. The fourth-order valence-corrected chi connectivity index (χ4v) is 11.2. The molecule has 2 rings (SSSR count). The highest BCUT2D eigenvalue weighted by molar-refractivity contribution is 7.49. The summed E-state index contributed by atoms with van der Waals surface area (Å²) in [7, 11) is -4.66. The second kappa shape index (κ2) is 5.66. The van der Waals surface area contributed by atoms with Gasteiger partial charge >= 0.3 is 0 Å². The summed E-state index contributed by atoms with van der Waals surface area (Å²) in [5.74, 6) is -2.48. The smallest absolute Gasteiger partial charge is 0.125 e. The van der Waals surface area contributed by atoms with Crippen LogP contribution in [0.4, 0.5) is 17.6 Å². The zero-order valence-electron chi connectivity index (χ0n) is 13.0. The van der Waals surface area contributed by atoms with E-state index in [1.165, 1.54) is 24.3 Å². The molecule has 0 bridgehead atoms. The number of rotatable bonds is 3. The molecule has 0 atom stereocenters. The summed E-state index contributed by atoms with van der Waals surface area (Å²) in [6, 6.07) is 7.06. The van der Waals surface area contributed by atoms with Crippen LogP contribution in [0.25, 0.3) is 0 Å². The predicted octanol–water partition coefficient (Wildman–Crippen LogP) is 3.85. The minimum absolute atomic E-state index is 0.620. The van der Waals surface area contributed by atoms with Crippen LogP contribution in [0.15, 0.2) is 36.4 Å². The fourth-order valence-electron chi connectivity index (χ4n) is 2.55. The summed E-state index contributed by atoms with van der Waals surface area (Å²) in [5.41, 5.74) is 0. The van der Waals surface area contributed by atoms with E-state index in [1.807, 2.05) is 26.2 Å². The summed E-state index contributed by atoms with van der Waals surface area (Å²) in [6.07, 6.45) is 0. The van der Waals surface area contributed by atoms with Crippen molar-refractivity contribution in [2.45, 2.75) is 26.2 Å². The number of hydrogen-bond donors (Lipinski definition) is 0. The average Bonchev–Trinajstić information content (AvgIpc) is 2.36. The first-order valence-corrected chi connectivity index (χ1v) is 14.0. The molecule has 0 radical (unpaired) electrons. The molecule has 0 aliphatic carbocycles. The van der Waals surface area contributed by atoms with Crippen molar-refractivity contribution in [3.05, 3.63) is 59.7 Å². The van der Waals surface area contributed by atoms with E-state index in [1.54, 1.807) is 0 Å². The largest absolute Gasteiger partial charge is 0.207 e. The highest BCUT2D eigenvalue weighted by atomic mass is 29.3. The van der Waals surface area contributed by atoms with Gasteiger partial charge in [0.2, 0.25) is 0 Å². The third-order valence-corrected chi connectivity index (χ3v) is 22.4. The molecule has 0 aliphatic rings. The Bertz CT molecular complexity index is 609. The van der Waals surface area contributed by atoms with Crippen molar-refractivity contribution < 1.29 is 17.6 Å². The van der Waals surface area contributed by atoms with E-state index in [-0.39, 0.29) is 0 Å². The Hall–Kier alpha value is -1.41. The van der Waals surface area contributed by atoms with Gasteiger partial charge in [0.15, 0.2) is 0 Å². The number of halogens is 4. The van der Waals surface area contributed by atoms with Crippen molar-refractivity contribution in [3.63, 3.8) is 0 Å². The molecular formula is C16H18F4Si2. The average molecular weight is 342 g/mol. The Morgan fingerprint density at radius 2 is 0.727 bits per heavy atom. The maximum Gasteiger partial charge on any atom is 0.125 e. The summed E-state index contributed by atoms with van der Waals surface area (Å²) < 4.78 is 54.2. The van der Waals surface area contributed by atoms with Crippen molar-refractivity contribution in [2.75, 3.05) is 0 Å². The van der Waals surface area contributed by atoms with Crippen molar-refractivity contribution >= 4 is 25.6 Å². The minimum Gasteiger partial charge on any atom is -0.207 e. The molecule has 0 unspecified atom stereocenters. The van der Waals surface area contributed by atoms with Crippen molar-refractivity contribution in [1.29, 1.82) is 0 Å². The van der Waals surface area contributed by atoms with Gasteiger partial charge in [0.25, 0.3) is 0 Å². The molecule has 2 aromatic carbocycles. The van der Waals surface area contributed by atoms with Crippen LogP contribution in [0.2, 0.25) is 26.2 Å². The zero-order chi connectivity index (χ0) is 16.7. The third kappa shape index (κ3) is 3.03.